The molecule has 1 fully saturated rings. The molecule has 0 saturated carbocycles. The number of anilines is 1. The number of halogens is 1. The number of nitrogens with two attached hydrogens (primary N) is 1. The van der Waals surface area contributed by atoms with E-state index >= 15 is 0 Å². The average molecular weight is 308 g/mol. The Balaban J connectivity index is 2.14. The van der Waals surface area contributed by atoms with Crippen molar-refractivity contribution >= 4 is 23.1 Å². The van der Waals surface area contributed by atoms with Gasteiger partial charge in [-0.2, -0.15) is 0 Å². The zero-order valence-electron chi connectivity index (χ0n) is 13.2. The van der Waals surface area contributed by atoms with Crippen LogP contribution in [0.15, 0.2) is 18.2 Å². The molecule has 1 unspecified atom stereocenters. The maximum Gasteiger partial charge on any atom is 0.122 e. The highest BCUT2D eigenvalue weighted by Crippen LogP contribution is 2.36. The van der Waals surface area contributed by atoms with E-state index in [1.807, 2.05) is 12.1 Å². The molecule has 4 heteroatoms. The molecule has 1 aromatic rings. The Kier molecular flexibility index (Phi) is 4.82. The van der Waals surface area contributed by atoms with Gasteiger partial charge >= 0.3 is 0 Å². The summed E-state index contributed by atoms with van der Waals surface area (Å²) in [6.45, 7) is 9.10. The minimum atomic E-state index is 0.0621. The van der Waals surface area contributed by atoms with Gasteiger partial charge in [0.1, 0.15) is 5.84 Å². The van der Waals surface area contributed by atoms with Gasteiger partial charge in [0.15, 0.2) is 0 Å². The molecule has 21 heavy (non-hydrogen) atoms. The summed E-state index contributed by atoms with van der Waals surface area (Å²) in [4.78, 5) is 2.37. The zero-order valence-corrected chi connectivity index (χ0v) is 14.0. The van der Waals surface area contributed by atoms with Crippen molar-refractivity contribution in [2.24, 2.45) is 17.1 Å². The van der Waals surface area contributed by atoms with Crippen molar-refractivity contribution < 1.29 is 0 Å². The number of hydrogen-bond donors (Lipinski definition) is 2. The number of hydrogen-bond acceptors (Lipinski definition) is 2. The quantitative estimate of drug-likeness (QED) is 0.633. The summed E-state index contributed by atoms with van der Waals surface area (Å²) in [7, 11) is 0. The maximum absolute atomic E-state index is 7.48. The van der Waals surface area contributed by atoms with Crippen LogP contribution in [0.25, 0.3) is 0 Å². The summed E-state index contributed by atoms with van der Waals surface area (Å²) in [6, 6.07) is 5.68. The third kappa shape index (κ3) is 3.91. The van der Waals surface area contributed by atoms with Crippen molar-refractivity contribution in [2.75, 3.05) is 18.0 Å². The first kappa shape index (κ1) is 16.2. The van der Waals surface area contributed by atoms with Crippen molar-refractivity contribution in [3.05, 3.63) is 28.8 Å². The van der Waals surface area contributed by atoms with Crippen LogP contribution in [0.3, 0.4) is 0 Å². The van der Waals surface area contributed by atoms with Gasteiger partial charge in [-0.05, 0) is 48.8 Å². The standard InChI is InChI=1S/C17H26ClN3/c1-17(2,3)13-5-4-9-21(10-8-13)15-7-6-12(16(19)20)11-14(15)18/h6-7,11,13H,4-5,8-10H2,1-3H3,(H3,19,20). The van der Waals surface area contributed by atoms with Crippen LogP contribution in [0.1, 0.15) is 45.6 Å². The van der Waals surface area contributed by atoms with Crippen molar-refractivity contribution in [1.29, 1.82) is 5.41 Å². The van der Waals surface area contributed by atoms with E-state index in [1.165, 1.54) is 19.3 Å². The van der Waals surface area contributed by atoms with Crippen LogP contribution in [0.5, 0.6) is 0 Å². The lowest BCUT2D eigenvalue weighted by atomic mass is 9.77. The summed E-state index contributed by atoms with van der Waals surface area (Å²) in [6.07, 6.45) is 3.68. The molecule has 0 spiro atoms. The monoisotopic (exact) mass is 307 g/mol. The molecular formula is C17H26ClN3. The van der Waals surface area contributed by atoms with E-state index in [1.54, 1.807) is 6.07 Å². The highest BCUT2D eigenvalue weighted by atomic mass is 35.5. The van der Waals surface area contributed by atoms with Gasteiger partial charge in [-0.15, -0.1) is 0 Å². The Morgan fingerprint density at radius 2 is 2.00 bits per heavy atom. The first-order chi connectivity index (χ1) is 9.79. The van der Waals surface area contributed by atoms with Crippen LogP contribution in [-0.2, 0) is 0 Å². The lowest BCUT2D eigenvalue weighted by Crippen LogP contribution is -2.26. The maximum atomic E-state index is 7.48. The summed E-state index contributed by atoms with van der Waals surface area (Å²) in [5, 5.41) is 8.17. The van der Waals surface area contributed by atoms with Crippen molar-refractivity contribution in [3.63, 3.8) is 0 Å². The molecule has 116 valence electrons. The zero-order chi connectivity index (χ0) is 15.6. The highest BCUT2D eigenvalue weighted by Gasteiger charge is 2.27. The second-order valence-corrected chi connectivity index (χ2v) is 7.47. The number of benzene rings is 1. The molecule has 1 atom stereocenters. The predicted molar refractivity (Wildman–Crippen MR) is 91.5 cm³/mol. The minimum Gasteiger partial charge on any atom is -0.384 e. The van der Waals surface area contributed by atoms with E-state index in [4.69, 9.17) is 22.7 Å². The topological polar surface area (TPSA) is 53.1 Å². The SMILES string of the molecule is CC(C)(C)C1CCCN(c2ccc(C(=N)N)cc2Cl)CC1. The number of nitrogen functional groups attached to an aromatic ring is 1. The number of amidine groups is 1. The Labute approximate surface area is 133 Å². The van der Waals surface area contributed by atoms with Crippen LogP contribution in [0, 0.1) is 16.7 Å². The second kappa shape index (κ2) is 6.27. The molecule has 0 amide bonds. The first-order valence-electron chi connectivity index (χ1n) is 7.68. The summed E-state index contributed by atoms with van der Waals surface area (Å²) in [5.74, 6) is 0.824. The second-order valence-electron chi connectivity index (χ2n) is 7.06. The molecule has 1 aliphatic heterocycles. The molecule has 0 radical (unpaired) electrons. The van der Waals surface area contributed by atoms with E-state index in [-0.39, 0.29) is 5.84 Å². The Morgan fingerprint density at radius 3 is 2.57 bits per heavy atom. The fraction of sp³-hybridized carbons (Fsp3) is 0.588. The van der Waals surface area contributed by atoms with Gasteiger partial charge in [-0.1, -0.05) is 32.4 Å². The molecule has 2 rings (SSSR count). The van der Waals surface area contributed by atoms with Gasteiger partial charge in [0, 0.05) is 18.7 Å². The van der Waals surface area contributed by atoms with Crippen LogP contribution in [0.4, 0.5) is 5.69 Å². The number of nitrogens with one attached hydrogen (secondary N) is 1. The Morgan fingerprint density at radius 1 is 1.29 bits per heavy atom. The summed E-state index contributed by atoms with van der Waals surface area (Å²) >= 11 is 6.39. The van der Waals surface area contributed by atoms with Crippen molar-refractivity contribution in [1.82, 2.24) is 0 Å². The van der Waals surface area contributed by atoms with Crippen LogP contribution >= 0.6 is 11.6 Å². The molecule has 1 aliphatic rings. The Bertz CT molecular complexity index is 519. The molecule has 0 aliphatic carbocycles. The largest absolute Gasteiger partial charge is 0.384 e. The molecule has 0 aromatic heterocycles. The molecule has 1 saturated heterocycles. The van der Waals surface area contributed by atoms with E-state index in [0.717, 1.165) is 24.7 Å². The van der Waals surface area contributed by atoms with Gasteiger partial charge in [-0.3, -0.25) is 5.41 Å². The highest BCUT2D eigenvalue weighted by molar-refractivity contribution is 6.33. The third-order valence-electron chi connectivity index (χ3n) is 4.55. The molecule has 3 N–H and O–H groups in total. The van der Waals surface area contributed by atoms with Gasteiger partial charge < -0.3 is 10.6 Å². The van der Waals surface area contributed by atoms with Crippen LogP contribution in [-0.4, -0.2) is 18.9 Å². The third-order valence-corrected chi connectivity index (χ3v) is 4.85. The molecule has 0 bridgehead atoms. The fourth-order valence-corrected chi connectivity index (χ4v) is 3.43. The normalized spacial score (nSPS) is 20.2. The van der Waals surface area contributed by atoms with Gasteiger partial charge in [0.05, 0.1) is 10.7 Å². The number of nitrogens with zero attached hydrogens (tertiary/aromatic N) is 1. The lowest BCUT2D eigenvalue weighted by molar-refractivity contribution is 0.220. The summed E-state index contributed by atoms with van der Waals surface area (Å²) in [5.41, 5.74) is 7.64. The molecule has 3 nitrogen and oxygen atoms in total. The van der Waals surface area contributed by atoms with E-state index in [9.17, 15) is 0 Å². The van der Waals surface area contributed by atoms with E-state index < -0.39 is 0 Å². The predicted octanol–water partition coefficient (Wildman–Crippen LogP) is 4.28. The van der Waals surface area contributed by atoms with Gasteiger partial charge in [0.2, 0.25) is 0 Å². The smallest absolute Gasteiger partial charge is 0.122 e. The molecule has 1 heterocycles. The summed E-state index contributed by atoms with van der Waals surface area (Å²) < 4.78 is 0. The minimum absolute atomic E-state index is 0.0621. The fourth-order valence-electron chi connectivity index (χ4n) is 3.13. The Hall–Kier alpha value is -1.22. The van der Waals surface area contributed by atoms with Crippen LogP contribution < -0.4 is 10.6 Å². The lowest BCUT2D eigenvalue weighted by Gasteiger charge is -2.30. The first-order valence-corrected chi connectivity index (χ1v) is 8.05. The van der Waals surface area contributed by atoms with Crippen molar-refractivity contribution in [2.45, 2.75) is 40.0 Å². The molecular weight excluding hydrogens is 282 g/mol. The van der Waals surface area contributed by atoms with Crippen molar-refractivity contribution in [3.8, 4) is 0 Å². The van der Waals surface area contributed by atoms with Crippen LogP contribution in [0.2, 0.25) is 5.02 Å². The average Bonchev–Trinajstić information content (AvgIpc) is 2.63. The number of rotatable bonds is 2. The van der Waals surface area contributed by atoms with Gasteiger partial charge in [-0.25, -0.2) is 0 Å². The van der Waals surface area contributed by atoms with E-state index in [2.05, 4.69) is 25.7 Å². The van der Waals surface area contributed by atoms with E-state index in [0.29, 0.717) is 16.0 Å². The van der Waals surface area contributed by atoms with Gasteiger partial charge in [0.25, 0.3) is 0 Å². The molecule has 1 aromatic carbocycles.